The smallest absolute Gasteiger partial charge is 0.278 e. The van der Waals surface area contributed by atoms with E-state index in [1.165, 1.54) is 30.5 Å². The molecule has 3 aromatic rings. The van der Waals surface area contributed by atoms with Crippen LogP contribution in [-0.4, -0.2) is 49.2 Å². The lowest BCUT2D eigenvalue weighted by molar-refractivity contribution is -0.117. The summed E-state index contributed by atoms with van der Waals surface area (Å²) in [6.07, 6.45) is 1.52. The largest absolute Gasteiger partial charge is 0.382 e. The Labute approximate surface area is 191 Å². The lowest BCUT2D eigenvalue weighted by Crippen LogP contribution is -2.28. The Kier molecular flexibility index (Phi) is 7.04. The molecule has 0 aliphatic carbocycles. The van der Waals surface area contributed by atoms with E-state index in [2.05, 4.69) is 15.3 Å². The summed E-state index contributed by atoms with van der Waals surface area (Å²) >= 11 is 0. The first-order valence-electron chi connectivity index (χ1n) is 9.87. The van der Waals surface area contributed by atoms with E-state index in [1.807, 2.05) is 48.0 Å². The molecule has 33 heavy (non-hydrogen) atoms. The molecule has 0 unspecified atom stereocenters. The van der Waals surface area contributed by atoms with Crippen molar-refractivity contribution in [3.63, 3.8) is 0 Å². The highest BCUT2D eigenvalue weighted by Crippen LogP contribution is 2.24. The number of benzene rings is 2. The molecular formula is C22H24N6O4S. The van der Waals surface area contributed by atoms with Gasteiger partial charge in [-0.15, -0.1) is 0 Å². The molecule has 10 nitrogen and oxygen atoms in total. The van der Waals surface area contributed by atoms with Gasteiger partial charge in [0.05, 0.1) is 16.8 Å². The van der Waals surface area contributed by atoms with Crippen LogP contribution in [0.25, 0.3) is 11.3 Å². The quantitative estimate of drug-likeness (QED) is 0.476. The third-order valence-corrected chi connectivity index (χ3v) is 5.95. The van der Waals surface area contributed by atoms with Crippen molar-refractivity contribution >= 4 is 33.3 Å². The Bertz CT molecular complexity index is 1290. The Hall–Kier alpha value is -3.83. The van der Waals surface area contributed by atoms with Crippen LogP contribution in [0, 0.1) is 0 Å². The van der Waals surface area contributed by atoms with Gasteiger partial charge < -0.3 is 16.0 Å². The van der Waals surface area contributed by atoms with Gasteiger partial charge in [-0.2, -0.15) is 0 Å². The second kappa shape index (κ2) is 9.76. The van der Waals surface area contributed by atoms with Gasteiger partial charge in [0, 0.05) is 24.7 Å². The van der Waals surface area contributed by atoms with Crippen LogP contribution in [0.4, 0.5) is 11.5 Å². The molecule has 0 bridgehead atoms. The highest BCUT2D eigenvalue weighted by atomic mass is 32.2. The fourth-order valence-electron chi connectivity index (χ4n) is 3.10. The minimum Gasteiger partial charge on any atom is -0.382 e. The lowest BCUT2D eigenvalue weighted by atomic mass is 10.0. The first-order chi connectivity index (χ1) is 15.6. The zero-order valence-electron chi connectivity index (χ0n) is 18.4. The highest BCUT2D eigenvalue weighted by Gasteiger charge is 2.18. The van der Waals surface area contributed by atoms with Gasteiger partial charge in [-0.1, -0.05) is 24.3 Å². The summed E-state index contributed by atoms with van der Waals surface area (Å²) in [6.45, 7) is 1.78. The van der Waals surface area contributed by atoms with E-state index in [0.717, 1.165) is 18.1 Å². The number of nitrogen functional groups attached to an aromatic ring is 1. The van der Waals surface area contributed by atoms with E-state index < -0.39 is 21.8 Å². The van der Waals surface area contributed by atoms with Crippen molar-refractivity contribution in [2.24, 2.45) is 0 Å². The van der Waals surface area contributed by atoms with Crippen molar-refractivity contribution in [2.75, 3.05) is 25.1 Å². The SMILES string of the molecule is CC(=O)NS(=O)(=O)c1ccc(NC(=O)c2nc(-c3ccccc3CN(C)C)cnc2N)cc1. The second-order valence-corrected chi connectivity index (χ2v) is 9.21. The molecule has 0 atom stereocenters. The van der Waals surface area contributed by atoms with Gasteiger partial charge in [-0.3, -0.25) is 9.59 Å². The third kappa shape index (κ3) is 5.90. The van der Waals surface area contributed by atoms with Crippen LogP contribution in [0.15, 0.2) is 59.6 Å². The van der Waals surface area contributed by atoms with Crippen molar-refractivity contribution in [2.45, 2.75) is 18.4 Å². The molecule has 0 fully saturated rings. The number of carbonyl (C=O) groups excluding carboxylic acids is 2. The summed E-state index contributed by atoms with van der Waals surface area (Å²) in [5, 5.41) is 2.63. The van der Waals surface area contributed by atoms with Crippen LogP contribution in [-0.2, 0) is 21.4 Å². The van der Waals surface area contributed by atoms with Crippen molar-refractivity contribution in [3.05, 3.63) is 66.0 Å². The lowest BCUT2D eigenvalue weighted by Gasteiger charge is -2.14. The molecule has 172 valence electrons. The fraction of sp³-hybridized carbons (Fsp3) is 0.182. The summed E-state index contributed by atoms with van der Waals surface area (Å²) in [5.41, 5.74) is 8.53. The molecule has 0 spiro atoms. The number of sulfonamides is 1. The van der Waals surface area contributed by atoms with Crippen LogP contribution in [0.2, 0.25) is 0 Å². The zero-order chi connectivity index (χ0) is 24.2. The molecule has 1 aromatic heterocycles. The van der Waals surface area contributed by atoms with Crippen molar-refractivity contribution < 1.29 is 18.0 Å². The van der Waals surface area contributed by atoms with Gasteiger partial charge >= 0.3 is 0 Å². The summed E-state index contributed by atoms with van der Waals surface area (Å²) in [4.78, 5) is 34.4. The molecular weight excluding hydrogens is 444 g/mol. The topological polar surface area (TPSA) is 147 Å². The predicted molar refractivity (Wildman–Crippen MR) is 125 cm³/mol. The molecule has 1 heterocycles. The minimum absolute atomic E-state index is 0.0359. The van der Waals surface area contributed by atoms with Crippen LogP contribution in [0.3, 0.4) is 0 Å². The van der Waals surface area contributed by atoms with Gasteiger partial charge in [0.25, 0.3) is 15.9 Å². The standard InChI is InChI=1S/C22H24N6O4S/c1-14(29)27-33(31,32)17-10-8-16(9-11-17)25-22(30)20-21(23)24-12-19(26-20)18-7-5-4-6-15(18)13-28(2)3/h4-12H,13H2,1-3H3,(H2,23,24)(H,25,30)(H,27,29). The highest BCUT2D eigenvalue weighted by molar-refractivity contribution is 7.90. The summed E-state index contributed by atoms with van der Waals surface area (Å²) in [5.74, 6) is -1.33. The Morgan fingerprint density at radius 3 is 2.36 bits per heavy atom. The molecule has 0 aliphatic heterocycles. The van der Waals surface area contributed by atoms with Gasteiger partial charge in [0.15, 0.2) is 11.5 Å². The van der Waals surface area contributed by atoms with Crippen molar-refractivity contribution in [3.8, 4) is 11.3 Å². The van der Waals surface area contributed by atoms with E-state index in [-0.39, 0.29) is 16.4 Å². The number of aromatic nitrogens is 2. The van der Waals surface area contributed by atoms with Crippen LogP contribution in [0.5, 0.6) is 0 Å². The van der Waals surface area contributed by atoms with E-state index in [9.17, 15) is 18.0 Å². The Morgan fingerprint density at radius 2 is 1.73 bits per heavy atom. The van der Waals surface area contributed by atoms with Gasteiger partial charge in [-0.25, -0.2) is 23.1 Å². The molecule has 2 amide bonds. The molecule has 11 heteroatoms. The molecule has 0 saturated carbocycles. The maximum absolute atomic E-state index is 12.8. The molecule has 0 aliphatic rings. The normalized spacial score (nSPS) is 11.3. The summed E-state index contributed by atoms with van der Waals surface area (Å²) in [7, 11) is -0.0601. The van der Waals surface area contributed by atoms with E-state index in [1.54, 1.807) is 0 Å². The van der Waals surface area contributed by atoms with Crippen molar-refractivity contribution in [1.82, 2.24) is 19.6 Å². The van der Waals surface area contributed by atoms with Crippen molar-refractivity contribution in [1.29, 1.82) is 0 Å². The first-order valence-corrected chi connectivity index (χ1v) is 11.4. The average Bonchev–Trinajstić information content (AvgIpc) is 2.73. The van der Waals surface area contributed by atoms with Gasteiger partial charge in [0.1, 0.15) is 0 Å². The number of carbonyl (C=O) groups is 2. The van der Waals surface area contributed by atoms with E-state index in [0.29, 0.717) is 17.9 Å². The Morgan fingerprint density at radius 1 is 1.06 bits per heavy atom. The van der Waals surface area contributed by atoms with Crippen LogP contribution < -0.4 is 15.8 Å². The predicted octanol–water partition coefficient (Wildman–Crippen LogP) is 1.86. The average molecular weight is 469 g/mol. The number of nitrogens with one attached hydrogen (secondary N) is 2. The molecule has 2 aromatic carbocycles. The first kappa shape index (κ1) is 23.8. The van der Waals surface area contributed by atoms with Crippen LogP contribution in [0.1, 0.15) is 23.0 Å². The number of hydrogen-bond acceptors (Lipinski definition) is 8. The fourth-order valence-corrected chi connectivity index (χ4v) is 4.09. The number of amides is 2. The Balaban J connectivity index is 1.85. The maximum Gasteiger partial charge on any atom is 0.278 e. The van der Waals surface area contributed by atoms with Gasteiger partial charge in [-0.05, 0) is 43.9 Å². The maximum atomic E-state index is 12.8. The summed E-state index contributed by atoms with van der Waals surface area (Å²) in [6, 6.07) is 13.0. The number of anilines is 2. The van der Waals surface area contributed by atoms with E-state index >= 15 is 0 Å². The molecule has 4 N–H and O–H groups in total. The summed E-state index contributed by atoms with van der Waals surface area (Å²) < 4.78 is 26.0. The molecule has 0 radical (unpaired) electrons. The van der Waals surface area contributed by atoms with E-state index in [4.69, 9.17) is 5.73 Å². The number of nitrogens with zero attached hydrogens (tertiary/aromatic N) is 3. The number of hydrogen-bond donors (Lipinski definition) is 3. The molecule has 0 saturated heterocycles. The third-order valence-electron chi connectivity index (χ3n) is 4.50. The molecule has 3 rings (SSSR count). The minimum atomic E-state index is -3.97. The zero-order valence-corrected chi connectivity index (χ0v) is 19.2. The number of rotatable bonds is 7. The van der Waals surface area contributed by atoms with Crippen LogP contribution >= 0.6 is 0 Å². The van der Waals surface area contributed by atoms with Gasteiger partial charge in [0.2, 0.25) is 5.91 Å². The monoisotopic (exact) mass is 468 g/mol. The second-order valence-electron chi connectivity index (χ2n) is 7.52. The number of nitrogens with two attached hydrogens (primary N) is 1.